The average Bonchev–Trinajstić information content (AvgIpc) is 3.16. The second-order valence-corrected chi connectivity index (χ2v) is 6.44. The Labute approximate surface area is 163 Å². The van der Waals surface area contributed by atoms with E-state index in [9.17, 15) is 9.90 Å². The number of aliphatic hydroxyl groups excluding tert-OH is 1. The van der Waals surface area contributed by atoms with Crippen molar-refractivity contribution in [3.8, 4) is 22.8 Å². The molecule has 146 valence electrons. The topological polar surface area (TPSA) is 80.9 Å². The third-order valence-corrected chi connectivity index (χ3v) is 4.26. The number of ether oxygens (including phenoxy) is 2. The Morgan fingerprint density at radius 1 is 1.07 bits per heavy atom. The number of hydrogen-bond acceptors (Lipinski definition) is 5. The molecule has 0 bridgehead atoms. The summed E-state index contributed by atoms with van der Waals surface area (Å²) in [5.41, 5.74) is 3.39. The fraction of sp³-hybridized carbons (Fsp3) is 0.227. The van der Waals surface area contributed by atoms with Gasteiger partial charge in [0.2, 0.25) is 0 Å². The van der Waals surface area contributed by atoms with Crippen molar-refractivity contribution in [2.45, 2.75) is 20.5 Å². The van der Waals surface area contributed by atoms with Crippen molar-refractivity contribution >= 4 is 11.6 Å². The van der Waals surface area contributed by atoms with Crippen LogP contribution in [0.5, 0.6) is 11.5 Å². The molecular formula is C22H23NO5. The normalized spacial score (nSPS) is 10.6. The number of carbonyl (C=O) groups is 1. The van der Waals surface area contributed by atoms with Gasteiger partial charge in [0.1, 0.15) is 29.6 Å². The van der Waals surface area contributed by atoms with Crippen LogP contribution in [0.2, 0.25) is 0 Å². The van der Waals surface area contributed by atoms with Gasteiger partial charge in [-0.15, -0.1) is 0 Å². The van der Waals surface area contributed by atoms with Gasteiger partial charge >= 0.3 is 0 Å². The lowest BCUT2D eigenvalue weighted by atomic mass is 10.1. The predicted octanol–water partition coefficient (Wildman–Crippen LogP) is 4.08. The zero-order chi connectivity index (χ0) is 20.1. The number of rotatable bonds is 7. The molecule has 0 aliphatic carbocycles. The summed E-state index contributed by atoms with van der Waals surface area (Å²) < 4.78 is 16.6. The molecule has 0 fully saturated rings. The van der Waals surface area contributed by atoms with Crippen LogP contribution in [0.1, 0.15) is 16.9 Å². The first-order chi connectivity index (χ1) is 13.5. The van der Waals surface area contributed by atoms with E-state index in [4.69, 9.17) is 13.9 Å². The number of anilines is 1. The monoisotopic (exact) mass is 381 g/mol. The van der Waals surface area contributed by atoms with Gasteiger partial charge in [-0.05, 0) is 55.8 Å². The van der Waals surface area contributed by atoms with E-state index in [1.165, 1.54) is 0 Å². The number of benzene rings is 2. The van der Waals surface area contributed by atoms with E-state index in [1.807, 2.05) is 32.0 Å². The quantitative estimate of drug-likeness (QED) is 0.644. The molecule has 6 nitrogen and oxygen atoms in total. The molecule has 3 rings (SSSR count). The van der Waals surface area contributed by atoms with Crippen LogP contribution >= 0.6 is 0 Å². The fourth-order valence-corrected chi connectivity index (χ4v) is 2.89. The molecule has 0 aliphatic heterocycles. The van der Waals surface area contributed by atoms with Crippen molar-refractivity contribution < 1.29 is 23.8 Å². The van der Waals surface area contributed by atoms with Crippen LogP contribution in [-0.4, -0.2) is 24.7 Å². The highest BCUT2D eigenvalue weighted by molar-refractivity contribution is 5.93. The van der Waals surface area contributed by atoms with E-state index in [0.29, 0.717) is 34.3 Å². The molecule has 1 aromatic heterocycles. The maximum atomic E-state index is 12.3. The van der Waals surface area contributed by atoms with Crippen LogP contribution < -0.4 is 14.8 Å². The third-order valence-electron chi connectivity index (χ3n) is 4.26. The van der Waals surface area contributed by atoms with Crippen molar-refractivity contribution in [2.75, 3.05) is 19.0 Å². The summed E-state index contributed by atoms with van der Waals surface area (Å²) in [7, 11) is 1.56. The number of methoxy groups -OCH3 is 1. The van der Waals surface area contributed by atoms with Crippen LogP contribution in [-0.2, 0) is 11.4 Å². The summed E-state index contributed by atoms with van der Waals surface area (Å²) in [5.74, 6) is 2.01. The second-order valence-electron chi connectivity index (χ2n) is 6.44. The second kappa shape index (κ2) is 8.63. The molecule has 0 saturated carbocycles. The first-order valence-corrected chi connectivity index (χ1v) is 8.88. The summed E-state index contributed by atoms with van der Waals surface area (Å²) in [4.78, 5) is 12.3. The number of amides is 1. The number of hydrogen-bond donors (Lipinski definition) is 2. The molecule has 2 N–H and O–H groups in total. The van der Waals surface area contributed by atoms with Crippen molar-refractivity contribution in [1.82, 2.24) is 0 Å². The van der Waals surface area contributed by atoms with Gasteiger partial charge in [-0.2, -0.15) is 0 Å². The highest BCUT2D eigenvalue weighted by Gasteiger charge is 2.13. The summed E-state index contributed by atoms with van der Waals surface area (Å²) >= 11 is 0. The standard InChI is InChI=1S/C22H23NO5/c1-14-4-7-19(15(2)10-14)27-13-22(25)23-16-5-8-20(26-3)18(11-16)21-9-6-17(12-24)28-21/h4-11,24H,12-13H2,1-3H3,(H,23,25). The first-order valence-electron chi connectivity index (χ1n) is 8.88. The fourth-order valence-electron chi connectivity index (χ4n) is 2.89. The molecule has 0 unspecified atom stereocenters. The number of aryl methyl sites for hydroxylation is 2. The number of aliphatic hydroxyl groups is 1. The molecular weight excluding hydrogens is 358 g/mol. The molecule has 1 heterocycles. The van der Waals surface area contributed by atoms with Crippen molar-refractivity contribution in [1.29, 1.82) is 0 Å². The van der Waals surface area contributed by atoms with Crippen LogP contribution in [0.3, 0.4) is 0 Å². The van der Waals surface area contributed by atoms with Crippen LogP contribution in [0, 0.1) is 13.8 Å². The Hall–Kier alpha value is -3.25. The van der Waals surface area contributed by atoms with Crippen molar-refractivity contribution in [3.05, 3.63) is 65.4 Å². The van der Waals surface area contributed by atoms with Crippen LogP contribution in [0.25, 0.3) is 11.3 Å². The van der Waals surface area contributed by atoms with Crippen molar-refractivity contribution in [2.24, 2.45) is 0 Å². The Bertz CT molecular complexity index is 977. The smallest absolute Gasteiger partial charge is 0.262 e. The lowest BCUT2D eigenvalue weighted by Crippen LogP contribution is -2.20. The van der Waals surface area contributed by atoms with E-state index in [-0.39, 0.29) is 19.1 Å². The molecule has 6 heteroatoms. The SMILES string of the molecule is COc1ccc(NC(=O)COc2ccc(C)cc2C)cc1-c1ccc(CO)o1. The van der Waals surface area contributed by atoms with Gasteiger partial charge in [-0.3, -0.25) is 4.79 Å². The van der Waals surface area contributed by atoms with Gasteiger partial charge in [0, 0.05) is 5.69 Å². The van der Waals surface area contributed by atoms with Gasteiger partial charge in [-0.25, -0.2) is 0 Å². The van der Waals surface area contributed by atoms with E-state index in [0.717, 1.165) is 11.1 Å². The Morgan fingerprint density at radius 2 is 1.86 bits per heavy atom. The summed E-state index contributed by atoms with van der Waals surface area (Å²) in [5, 5.41) is 12.0. The highest BCUT2D eigenvalue weighted by atomic mass is 16.5. The molecule has 3 aromatic rings. The Morgan fingerprint density at radius 3 is 2.54 bits per heavy atom. The zero-order valence-electron chi connectivity index (χ0n) is 16.1. The van der Waals surface area contributed by atoms with Crippen molar-refractivity contribution in [3.63, 3.8) is 0 Å². The average molecular weight is 381 g/mol. The molecule has 0 radical (unpaired) electrons. The van der Waals surface area contributed by atoms with Crippen LogP contribution in [0.4, 0.5) is 5.69 Å². The maximum Gasteiger partial charge on any atom is 0.262 e. The molecule has 0 aliphatic rings. The van der Waals surface area contributed by atoms with E-state index < -0.39 is 0 Å². The first kappa shape index (κ1) is 19.5. The largest absolute Gasteiger partial charge is 0.496 e. The summed E-state index contributed by atoms with van der Waals surface area (Å²) in [6.45, 7) is 3.67. The predicted molar refractivity (Wildman–Crippen MR) is 107 cm³/mol. The summed E-state index contributed by atoms with van der Waals surface area (Å²) in [6.07, 6.45) is 0. The molecule has 0 atom stereocenters. The van der Waals surface area contributed by atoms with E-state index in [1.54, 1.807) is 37.4 Å². The van der Waals surface area contributed by atoms with Gasteiger partial charge in [0.25, 0.3) is 5.91 Å². The summed E-state index contributed by atoms with van der Waals surface area (Å²) in [6, 6.07) is 14.5. The highest BCUT2D eigenvalue weighted by Crippen LogP contribution is 2.33. The minimum atomic E-state index is -0.272. The molecule has 28 heavy (non-hydrogen) atoms. The Kier molecular flexibility index (Phi) is 6.01. The molecule has 0 saturated heterocycles. The zero-order valence-corrected chi connectivity index (χ0v) is 16.1. The lowest BCUT2D eigenvalue weighted by Gasteiger charge is -2.12. The van der Waals surface area contributed by atoms with E-state index >= 15 is 0 Å². The van der Waals surface area contributed by atoms with Gasteiger partial charge in [-0.1, -0.05) is 17.7 Å². The Balaban J connectivity index is 1.71. The molecule has 1 amide bonds. The van der Waals surface area contributed by atoms with Gasteiger partial charge < -0.3 is 24.3 Å². The van der Waals surface area contributed by atoms with E-state index in [2.05, 4.69) is 5.32 Å². The third kappa shape index (κ3) is 4.53. The van der Waals surface area contributed by atoms with Gasteiger partial charge in [0.15, 0.2) is 6.61 Å². The minimum Gasteiger partial charge on any atom is -0.496 e. The number of carbonyl (C=O) groups excluding carboxylic acids is 1. The minimum absolute atomic E-state index is 0.0966. The maximum absolute atomic E-state index is 12.3. The van der Waals surface area contributed by atoms with Crippen LogP contribution in [0.15, 0.2) is 52.9 Å². The molecule has 2 aromatic carbocycles. The number of nitrogens with one attached hydrogen (secondary N) is 1. The number of furan rings is 1. The molecule has 0 spiro atoms. The lowest BCUT2D eigenvalue weighted by molar-refractivity contribution is -0.118. The van der Waals surface area contributed by atoms with Gasteiger partial charge in [0.05, 0.1) is 12.7 Å².